The normalized spacial score (nSPS) is 21.6. The Morgan fingerprint density at radius 1 is 1.17 bits per heavy atom. The van der Waals surface area contributed by atoms with Gasteiger partial charge in [0.1, 0.15) is 7.85 Å². The summed E-state index contributed by atoms with van der Waals surface area (Å²) in [5.41, 5.74) is 14.1. The molecule has 5 rings (SSSR count). The highest BCUT2D eigenvalue weighted by molar-refractivity contribution is 6.34. The van der Waals surface area contributed by atoms with Crippen LogP contribution in [0.2, 0.25) is 5.82 Å². The largest absolute Gasteiger partial charge is 0.370 e. The van der Waals surface area contributed by atoms with Gasteiger partial charge in [0.2, 0.25) is 0 Å². The minimum absolute atomic E-state index is 0.0391. The lowest BCUT2D eigenvalue weighted by atomic mass is 9.79. The zero-order chi connectivity index (χ0) is 24.7. The number of hydrogen-bond donors (Lipinski definition) is 2. The summed E-state index contributed by atoms with van der Waals surface area (Å²) in [7, 11) is 12.6. The number of rotatable bonds is 6. The maximum absolute atomic E-state index is 6.51. The van der Waals surface area contributed by atoms with Crippen LogP contribution in [0.1, 0.15) is 31.4 Å². The zero-order valence-electron chi connectivity index (χ0n) is 20.9. The number of piperidine rings is 1. The summed E-state index contributed by atoms with van der Waals surface area (Å²) in [5.74, 6) is 1.46. The molecular formula is C29H34B2N4. The molecule has 3 heterocycles. The molecule has 0 amide bonds. The van der Waals surface area contributed by atoms with Crippen LogP contribution in [0.3, 0.4) is 0 Å². The Morgan fingerprint density at radius 2 is 1.91 bits per heavy atom. The van der Waals surface area contributed by atoms with Crippen molar-refractivity contribution in [1.29, 1.82) is 0 Å². The number of nitrogens with zero attached hydrogens (tertiary/aromatic N) is 2. The molecule has 3 aromatic rings. The van der Waals surface area contributed by atoms with E-state index in [1.54, 1.807) is 0 Å². The molecule has 0 bridgehead atoms. The van der Waals surface area contributed by atoms with E-state index in [2.05, 4.69) is 59.3 Å². The van der Waals surface area contributed by atoms with Crippen molar-refractivity contribution in [2.45, 2.75) is 38.5 Å². The van der Waals surface area contributed by atoms with E-state index >= 15 is 0 Å². The number of nitrogens with one attached hydrogen (secondary N) is 1. The molecule has 4 radical (unpaired) electrons. The van der Waals surface area contributed by atoms with Crippen LogP contribution in [-0.2, 0) is 6.42 Å². The lowest BCUT2D eigenvalue weighted by molar-refractivity contribution is 0.318. The van der Waals surface area contributed by atoms with Crippen molar-refractivity contribution in [2.75, 3.05) is 31.1 Å². The second-order valence-electron chi connectivity index (χ2n) is 10.6. The summed E-state index contributed by atoms with van der Waals surface area (Å²) in [6, 6.07) is 14.8. The maximum atomic E-state index is 6.51. The smallest absolute Gasteiger partial charge is 0.114 e. The average molecular weight is 460 g/mol. The monoisotopic (exact) mass is 460 g/mol. The minimum atomic E-state index is -0.0757. The molecule has 1 aromatic heterocycles. The van der Waals surface area contributed by atoms with Crippen LogP contribution in [0.25, 0.3) is 27.7 Å². The Kier molecular flexibility index (Phi) is 6.78. The van der Waals surface area contributed by atoms with Gasteiger partial charge in [-0.2, -0.15) is 0 Å². The highest BCUT2D eigenvalue weighted by Gasteiger charge is 2.35. The number of nitrogens with two attached hydrogens (primary N) is 1. The van der Waals surface area contributed by atoms with E-state index in [0.717, 1.165) is 82.8 Å². The molecule has 6 heteroatoms. The van der Waals surface area contributed by atoms with E-state index in [9.17, 15) is 0 Å². The number of hydrogen-bond acceptors (Lipinski definition) is 4. The van der Waals surface area contributed by atoms with Gasteiger partial charge in [-0.1, -0.05) is 60.7 Å². The Morgan fingerprint density at radius 3 is 2.60 bits per heavy atom. The van der Waals surface area contributed by atoms with Crippen molar-refractivity contribution in [3.8, 4) is 11.3 Å². The molecule has 2 fully saturated rings. The Bertz CT molecular complexity index is 1220. The van der Waals surface area contributed by atoms with Crippen LogP contribution in [0.5, 0.6) is 0 Å². The van der Waals surface area contributed by atoms with Crippen molar-refractivity contribution in [2.24, 2.45) is 17.6 Å². The molecule has 0 spiro atoms. The molecule has 0 saturated carbocycles. The SMILES string of the molecule is [B]c1cc2c(N3CC4CCNCC4C3)cc(-c3ccc(C(=C)C(C)N)cc3)nc2cc1CC([B])C. The fourth-order valence-electron chi connectivity index (χ4n) is 5.63. The van der Waals surface area contributed by atoms with E-state index in [4.69, 9.17) is 26.4 Å². The third-order valence-electron chi connectivity index (χ3n) is 7.71. The number of fused-ring (bicyclic) bond motifs is 2. The molecule has 4 unspecified atom stereocenters. The average Bonchev–Trinajstić information content (AvgIpc) is 3.27. The van der Waals surface area contributed by atoms with Crippen LogP contribution in [0.4, 0.5) is 5.69 Å². The molecular weight excluding hydrogens is 426 g/mol. The van der Waals surface area contributed by atoms with Gasteiger partial charge in [0.15, 0.2) is 0 Å². The molecule has 4 atom stereocenters. The van der Waals surface area contributed by atoms with Crippen LogP contribution in [0, 0.1) is 11.8 Å². The number of aromatic nitrogens is 1. The Labute approximate surface area is 212 Å². The second-order valence-corrected chi connectivity index (χ2v) is 10.6. The van der Waals surface area contributed by atoms with Gasteiger partial charge >= 0.3 is 0 Å². The molecule has 4 nitrogen and oxygen atoms in total. The lowest BCUT2D eigenvalue weighted by Gasteiger charge is -2.23. The van der Waals surface area contributed by atoms with Gasteiger partial charge in [-0.05, 0) is 68.0 Å². The van der Waals surface area contributed by atoms with E-state index in [1.807, 2.05) is 13.8 Å². The van der Waals surface area contributed by atoms with Gasteiger partial charge in [-0.25, -0.2) is 4.98 Å². The van der Waals surface area contributed by atoms with E-state index < -0.39 is 0 Å². The van der Waals surface area contributed by atoms with Crippen molar-refractivity contribution in [1.82, 2.24) is 10.3 Å². The van der Waals surface area contributed by atoms with Gasteiger partial charge in [0.25, 0.3) is 0 Å². The summed E-state index contributed by atoms with van der Waals surface area (Å²) in [6.07, 6.45) is 1.97. The summed E-state index contributed by atoms with van der Waals surface area (Å²) in [4.78, 5) is 7.65. The third kappa shape index (κ3) is 4.92. The lowest BCUT2D eigenvalue weighted by Crippen LogP contribution is -2.35. The van der Waals surface area contributed by atoms with Gasteiger partial charge in [-0.3, -0.25) is 0 Å². The topological polar surface area (TPSA) is 54.2 Å². The number of benzene rings is 2. The molecule has 2 saturated heterocycles. The molecule has 2 aliphatic heterocycles. The number of anilines is 1. The van der Waals surface area contributed by atoms with Crippen LogP contribution >= 0.6 is 0 Å². The number of pyridine rings is 1. The first-order valence-corrected chi connectivity index (χ1v) is 12.8. The molecule has 35 heavy (non-hydrogen) atoms. The quantitative estimate of drug-likeness (QED) is 0.552. The fraction of sp³-hybridized carbons (Fsp3) is 0.414. The highest BCUT2D eigenvalue weighted by atomic mass is 15.2. The van der Waals surface area contributed by atoms with Gasteiger partial charge in [0, 0.05) is 35.8 Å². The van der Waals surface area contributed by atoms with Crippen LogP contribution in [-0.4, -0.2) is 52.9 Å². The second kappa shape index (κ2) is 9.83. The van der Waals surface area contributed by atoms with Gasteiger partial charge in [-0.15, -0.1) is 0 Å². The summed E-state index contributed by atoms with van der Waals surface area (Å²) in [6.45, 7) is 12.5. The summed E-state index contributed by atoms with van der Waals surface area (Å²) in [5, 5.41) is 4.69. The van der Waals surface area contributed by atoms with Crippen molar-refractivity contribution >= 4 is 43.3 Å². The van der Waals surface area contributed by atoms with Crippen molar-refractivity contribution in [3.63, 3.8) is 0 Å². The maximum Gasteiger partial charge on any atom is 0.114 e. The van der Waals surface area contributed by atoms with Crippen LogP contribution in [0.15, 0.2) is 49.0 Å². The van der Waals surface area contributed by atoms with Crippen molar-refractivity contribution < 1.29 is 0 Å². The summed E-state index contributed by atoms with van der Waals surface area (Å²) < 4.78 is 0. The van der Waals surface area contributed by atoms with E-state index in [0.29, 0.717) is 5.92 Å². The van der Waals surface area contributed by atoms with E-state index in [-0.39, 0.29) is 11.9 Å². The standard InChI is InChI=1S/C29H34B2N4/c1-17(30)10-23-11-28-25(12-26(23)31)29(35-15-22-8-9-33-14-24(22)16-35)13-27(34-28)21-6-4-20(5-7-21)18(2)19(3)32/h4-7,11-13,17,19,22,24,33H,2,8-10,14-16,32H2,1,3H3. The molecule has 2 aliphatic rings. The molecule has 0 aliphatic carbocycles. The predicted octanol–water partition coefficient (Wildman–Crippen LogP) is 3.62. The van der Waals surface area contributed by atoms with Crippen LogP contribution < -0.4 is 21.4 Å². The Hall–Kier alpha value is -2.56. The first kappa shape index (κ1) is 24.1. The first-order valence-electron chi connectivity index (χ1n) is 12.8. The van der Waals surface area contributed by atoms with Crippen molar-refractivity contribution in [3.05, 3.63) is 60.2 Å². The fourth-order valence-corrected chi connectivity index (χ4v) is 5.63. The minimum Gasteiger partial charge on any atom is -0.370 e. The van der Waals surface area contributed by atoms with Gasteiger partial charge < -0.3 is 16.0 Å². The highest BCUT2D eigenvalue weighted by Crippen LogP contribution is 2.37. The predicted molar refractivity (Wildman–Crippen MR) is 151 cm³/mol. The third-order valence-corrected chi connectivity index (χ3v) is 7.71. The molecule has 2 aromatic carbocycles. The van der Waals surface area contributed by atoms with E-state index in [1.165, 1.54) is 12.1 Å². The summed E-state index contributed by atoms with van der Waals surface area (Å²) >= 11 is 0. The molecule has 176 valence electrons. The Balaban J connectivity index is 1.60. The molecule has 3 N–H and O–H groups in total. The van der Waals surface area contributed by atoms with Gasteiger partial charge in [0.05, 0.1) is 19.1 Å². The first-order chi connectivity index (χ1) is 16.8. The zero-order valence-corrected chi connectivity index (χ0v) is 20.9.